The molecular weight excluding hydrogens is 662 g/mol. The highest BCUT2D eigenvalue weighted by atomic mass is 32.2. The number of piperidine rings is 1. The predicted octanol–water partition coefficient (Wildman–Crippen LogP) is 8.94. The molecule has 3 N–H and O–H groups in total. The molecule has 1 fully saturated rings. The van der Waals surface area contributed by atoms with Crippen molar-refractivity contribution in [3.63, 3.8) is 0 Å². The first kappa shape index (κ1) is 34.6. The maximum absolute atomic E-state index is 13.6. The Hall–Kier alpha value is -5.29. The second kappa shape index (κ2) is 15.5. The monoisotopic (exact) mass is 696 g/mol. The quantitative estimate of drug-likeness (QED) is 0.126. The van der Waals surface area contributed by atoms with Crippen molar-refractivity contribution in [3.05, 3.63) is 137 Å². The van der Waals surface area contributed by atoms with E-state index in [0.29, 0.717) is 33.8 Å². The molecule has 0 atom stereocenters. The highest BCUT2D eigenvalue weighted by Gasteiger charge is 2.30. The average Bonchev–Trinajstić information content (AvgIpc) is 3.13. The van der Waals surface area contributed by atoms with Gasteiger partial charge in [0.25, 0.3) is 11.8 Å². The van der Waals surface area contributed by atoms with E-state index >= 15 is 0 Å². The molecule has 6 rings (SSSR count). The molecule has 1 saturated heterocycles. The molecular formula is C39H35F3N4O3S. The third-order valence-electron chi connectivity index (χ3n) is 8.39. The Kier molecular flexibility index (Phi) is 10.7. The molecule has 1 aliphatic rings. The predicted molar refractivity (Wildman–Crippen MR) is 190 cm³/mol. The van der Waals surface area contributed by atoms with Crippen LogP contribution in [0.15, 0.2) is 114 Å². The van der Waals surface area contributed by atoms with E-state index < -0.39 is 17.6 Å². The number of alkyl halides is 3. The Balaban J connectivity index is 1.23. The summed E-state index contributed by atoms with van der Waals surface area (Å²) in [6.07, 6.45) is 0.344. The maximum atomic E-state index is 13.6. The summed E-state index contributed by atoms with van der Waals surface area (Å²) < 4.78 is 39.5. The minimum absolute atomic E-state index is 0.0858. The van der Waals surface area contributed by atoms with Crippen molar-refractivity contribution in [1.29, 1.82) is 0 Å². The van der Waals surface area contributed by atoms with Crippen molar-refractivity contribution in [2.24, 2.45) is 0 Å². The highest BCUT2D eigenvalue weighted by Crippen LogP contribution is 2.34. The van der Waals surface area contributed by atoms with Gasteiger partial charge in [-0.15, -0.1) is 11.8 Å². The second-order valence-electron chi connectivity index (χ2n) is 12.0. The number of benzene rings is 4. The number of thioether (sulfide) groups is 1. The summed E-state index contributed by atoms with van der Waals surface area (Å²) in [6.45, 7) is 1.73. The van der Waals surface area contributed by atoms with Gasteiger partial charge in [0.2, 0.25) is 0 Å². The number of pyridine rings is 1. The Morgan fingerprint density at radius 2 is 1.56 bits per heavy atom. The van der Waals surface area contributed by atoms with Crippen molar-refractivity contribution in [1.82, 2.24) is 10.3 Å². The lowest BCUT2D eigenvalue weighted by atomic mass is 10.0. The van der Waals surface area contributed by atoms with E-state index in [1.807, 2.05) is 42.5 Å². The third-order valence-corrected chi connectivity index (χ3v) is 9.46. The molecule has 11 heteroatoms. The topological polar surface area (TPSA) is 94.6 Å². The van der Waals surface area contributed by atoms with Gasteiger partial charge in [-0.25, -0.2) is 0 Å². The Morgan fingerprint density at radius 3 is 2.36 bits per heavy atom. The average molecular weight is 697 g/mol. The number of hydrogen-bond donors (Lipinski definition) is 3. The Labute approximate surface area is 292 Å². The summed E-state index contributed by atoms with van der Waals surface area (Å²) in [5.74, 6) is 0.0221. The number of nitrogens with zero attached hydrogens (tertiary/aromatic N) is 2. The molecule has 0 bridgehead atoms. The molecule has 4 aromatic carbocycles. The van der Waals surface area contributed by atoms with E-state index in [1.54, 1.807) is 42.1 Å². The van der Waals surface area contributed by atoms with Crippen LogP contribution in [0.4, 0.5) is 24.5 Å². The number of phenolic OH excluding ortho intramolecular Hbond substituents is 1. The van der Waals surface area contributed by atoms with Crippen molar-refractivity contribution >= 4 is 35.0 Å². The van der Waals surface area contributed by atoms with E-state index in [2.05, 4.69) is 20.5 Å². The number of aromatic nitrogens is 1. The zero-order chi connectivity index (χ0) is 35.1. The van der Waals surface area contributed by atoms with Gasteiger partial charge in [0.05, 0.1) is 16.9 Å². The number of carbonyl (C=O) groups is 2. The van der Waals surface area contributed by atoms with Crippen LogP contribution < -0.4 is 15.5 Å². The van der Waals surface area contributed by atoms with E-state index in [4.69, 9.17) is 0 Å². The number of rotatable bonds is 10. The van der Waals surface area contributed by atoms with Gasteiger partial charge in [0, 0.05) is 58.9 Å². The van der Waals surface area contributed by atoms with Gasteiger partial charge in [-0.2, -0.15) is 13.2 Å². The van der Waals surface area contributed by atoms with Gasteiger partial charge in [-0.3, -0.25) is 14.6 Å². The van der Waals surface area contributed by atoms with Crippen LogP contribution in [0, 0.1) is 0 Å². The normalized spacial score (nSPS) is 13.1. The van der Waals surface area contributed by atoms with E-state index in [1.165, 1.54) is 30.8 Å². The molecule has 5 aromatic rings. The SMILES string of the molecule is O=C(NCc1cccc(C(F)(F)F)c1)c1ccnc(-c2cc(N3CCCCC3)ccc2NC(=O)c2cccc(CSc3cccc(O)c3)c2)c1. The van der Waals surface area contributed by atoms with Crippen LogP contribution in [0.1, 0.15) is 56.7 Å². The first-order valence-electron chi connectivity index (χ1n) is 16.2. The molecule has 1 aliphatic heterocycles. The summed E-state index contributed by atoms with van der Waals surface area (Å²) in [4.78, 5) is 34.6. The number of aromatic hydroxyl groups is 1. The molecule has 0 aliphatic carbocycles. The first-order valence-corrected chi connectivity index (χ1v) is 17.2. The first-order chi connectivity index (χ1) is 24.1. The molecule has 0 saturated carbocycles. The summed E-state index contributed by atoms with van der Waals surface area (Å²) in [7, 11) is 0. The number of carbonyl (C=O) groups excluding carboxylic acids is 2. The minimum atomic E-state index is -4.48. The van der Waals surface area contributed by atoms with Gasteiger partial charge in [-0.05, 0) is 103 Å². The van der Waals surface area contributed by atoms with Gasteiger partial charge in [0.15, 0.2) is 0 Å². The van der Waals surface area contributed by atoms with E-state index in [0.717, 1.165) is 54.2 Å². The molecule has 7 nitrogen and oxygen atoms in total. The number of anilines is 2. The van der Waals surface area contributed by atoms with Crippen LogP contribution in [0.3, 0.4) is 0 Å². The summed E-state index contributed by atoms with van der Waals surface area (Å²) in [5, 5.41) is 15.5. The fourth-order valence-electron chi connectivity index (χ4n) is 5.80. The lowest BCUT2D eigenvalue weighted by Crippen LogP contribution is -2.29. The lowest BCUT2D eigenvalue weighted by molar-refractivity contribution is -0.137. The fourth-order valence-corrected chi connectivity index (χ4v) is 6.69. The molecule has 0 unspecified atom stereocenters. The van der Waals surface area contributed by atoms with Gasteiger partial charge < -0.3 is 20.6 Å². The summed E-state index contributed by atoms with van der Waals surface area (Å²) >= 11 is 1.55. The maximum Gasteiger partial charge on any atom is 0.416 e. The zero-order valence-electron chi connectivity index (χ0n) is 27.0. The largest absolute Gasteiger partial charge is 0.508 e. The second-order valence-corrected chi connectivity index (χ2v) is 13.1. The third kappa shape index (κ3) is 8.83. The number of amides is 2. The number of hydrogen-bond acceptors (Lipinski definition) is 6. The van der Waals surface area contributed by atoms with Crippen molar-refractivity contribution in [2.75, 3.05) is 23.3 Å². The van der Waals surface area contributed by atoms with Gasteiger partial charge in [-0.1, -0.05) is 30.3 Å². The minimum Gasteiger partial charge on any atom is -0.508 e. The summed E-state index contributed by atoms with van der Waals surface area (Å²) in [5.41, 5.74) is 3.82. The number of phenols is 1. The molecule has 50 heavy (non-hydrogen) atoms. The summed E-state index contributed by atoms with van der Waals surface area (Å²) in [6, 6.07) is 28.2. The standard InChI is InChI=1S/C39H35F3N4O3S/c40-39(41,42)30-10-5-7-26(20-30)24-44-37(48)29-15-16-43-36(21-29)34-22-31(46-17-2-1-3-18-46)13-14-35(34)45-38(49)28-9-4-8-27(19-28)25-50-33-12-6-11-32(47)23-33/h4-16,19-23,47H,1-3,17-18,24-25H2,(H,44,48)(H,45,49). The fraction of sp³-hybridized carbons (Fsp3) is 0.205. The van der Waals surface area contributed by atoms with Crippen LogP contribution in [0.5, 0.6) is 5.75 Å². The van der Waals surface area contributed by atoms with E-state index in [9.17, 15) is 27.9 Å². The van der Waals surface area contributed by atoms with Crippen LogP contribution in [0.25, 0.3) is 11.3 Å². The Morgan fingerprint density at radius 1 is 0.800 bits per heavy atom. The van der Waals surface area contributed by atoms with Crippen LogP contribution in [-0.4, -0.2) is 35.0 Å². The molecule has 0 radical (unpaired) electrons. The van der Waals surface area contributed by atoms with Gasteiger partial charge >= 0.3 is 6.18 Å². The lowest BCUT2D eigenvalue weighted by Gasteiger charge is -2.29. The van der Waals surface area contributed by atoms with Gasteiger partial charge in [0.1, 0.15) is 5.75 Å². The molecule has 2 amide bonds. The van der Waals surface area contributed by atoms with E-state index in [-0.39, 0.29) is 23.8 Å². The van der Waals surface area contributed by atoms with Crippen LogP contribution in [-0.2, 0) is 18.5 Å². The number of nitrogens with one attached hydrogen (secondary N) is 2. The van der Waals surface area contributed by atoms with Crippen molar-refractivity contribution in [2.45, 2.75) is 42.6 Å². The van der Waals surface area contributed by atoms with Crippen molar-refractivity contribution in [3.8, 4) is 17.0 Å². The molecule has 1 aromatic heterocycles. The Bertz CT molecular complexity index is 2000. The van der Waals surface area contributed by atoms with Crippen LogP contribution in [0.2, 0.25) is 0 Å². The smallest absolute Gasteiger partial charge is 0.416 e. The van der Waals surface area contributed by atoms with Crippen molar-refractivity contribution < 1.29 is 27.9 Å². The molecule has 256 valence electrons. The highest BCUT2D eigenvalue weighted by molar-refractivity contribution is 7.98. The molecule has 0 spiro atoms. The molecule has 2 heterocycles. The zero-order valence-corrected chi connectivity index (χ0v) is 27.9. The number of halogens is 3. The van der Waals surface area contributed by atoms with Crippen LogP contribution >= 0.6 is 11.8 Å².